The van der Waals surface area contributed by atoms with E-state index in [-0.39, 0.29) is 11.8 Å². The largest absolute Gasteiger partial charge is 0.493 e. The highest BCUT2D eigenvalue weighted by Crippen LogP contribution is 2.16. The fourth-order valence-corrected chi connectivity index (χ4v) is 2.50. The number of ether oxygens (including phenoxy) is 1. The molecule has 0 saturated heterocycles. The van der Waals surface area contributed by atoms with Crippen LogP contribution < -0.4 is 10.1 Å². The number of aryl methyl sites for hydroxylation is 1. The molecule has 0 atom stereocenters. The number of hydrogen-bond donors (Lipinski definition) is 1. The van der Waals surface area contributed by atoms with Gasteiger partial charge in [-0.25, -0.2) is 0 Å². The van der Waals surface area contributed by atoms with Crippen LogP contribution in [0.25, 0.3) is 0 Å². The first-order valence-electron chi connectivity index (χ1n) is 8.85. The molecule has 0 heterocycles. The van der Waals surface area contributed by atoms with Crippen LogP contribution in [-0.4, -0.2) is 36.9 Å². The van der Waals surface area contributed by atoms with Gasteiger partial charge in [0.25, 0.3) is 5.91 Å². The molecular formula is C21H26N2O3. The zero-order chi connectivity index (χ0) is 18.9. The predicted molar refractivity (Wildman–Crippen MR) is 104 cm³/mol. The second-order valence-electron chi connectivity index (χ2n) is 6.18. The van der Waals surface area contributed by atoms with Gasteiger partial charge in [0.1, 0.15) is 5.75 Å². The van der Waals surface area contributed by atoms with Crippen molar-refractivity contribution in [1.82, 2.24) is 4.90 Å². The van der Waals surface area contributed by atoms with E-state index >= 15 is 0 Å². The summed E-state index contributed by atoms with van der Waals surface area (Å²) >= 11 is 0. The van der Waals surface area contributed by atoms with Crippen LogP contribution >= 0.6 is 0 Å². The summed E-state index contributed by atoms with van der Waals surface area (Å²) in [6.45, 7) is 4.94. The lowest BCUT2D eigenvalue weighted by Crippen LogP contribution is -2.28. The number of nitrogens with zero attached hydrogens (tertiary/aromatic N) is 1. The fourth-order valence-electron chi connectivity index (χ4n) is 2.50. The van der Waals surface area contributed by atoms with E-state index in [1.807, 2.05) is 31.2 Å². The summed E-state index contributed by atoms with van der Waals surface area (Å²) in [5, 5.41) is 2.77. The number of benzene rings is 2. The molecule has 1 N–H and O–H groups in total. The van der Waals surface area contributed by atoms with Crippen molar-refractivity contribution in [2.24, 2.45) is 0 Å². The van der Waals surface area contributed by atoms with Crippen LogP contribution in [0.15, 0.2) is 48.5 Å². The Morgan fingerprint density at radius 3 is 2.62 bits per heavy atom. The Balaban J connectivity index is 1.84. The van der Waals surface area contributed by atoms with Gasteiger partial charge in [-0.15, -0.1) is 0 Å². The molecule has 0 bridgehead atoms. The smallest absolute Gasteiger partial charge is 0.253 e. The number of rotatable bonds is 8. The Labute approximate surface area is 155 Å². The average molecular weight is 354 g/mol. The molecule has 2 aromatic carbocycles. The Hall–Kier alpha value is -2.82. The first kappa shape index (κ1) is 19.5. The lowest BCUT2D eigenvalue weighted by molar-refractivity contribution is -0.115. The summed E-state index contributed by atoms with van der Waals surface area (Å²) in [5.74, 6) is 0.727. The highest BCUT2D eigenvalue weighted by molar-refractivity contribution is 5.97. The van der Waals surface area contributed by atoms with Crippen LogP contribution in [0.1, 0.15) is 35.7 Å². The molecule has 0 saturated carbocycles. The van der Waals surface area contributed by atoms with Gasteiger partial charge in [-0.05, 0) is 43.2 Å². The van der Waals surface area contributed by atoms with Gasteiger partial charge in [-0.1, -0.05) is 31.2 Å². The van der Waals surface area contributed by atoms with Crippen molar-refractivity contribution in [2.75, 3.05) is 25.5 Å². The molecule has 26 heavy (non-hydrogen) atoms. The Bertz CT molecular complexity index is 758. The van der Waals surface area contributed by atoms with Crippen LogP contribution in [0.2, 0.25) is 0 Å². The molecule has 0 fully saturated rings. The van der Waals surface area contributed by atoms with Gasteiger partial charge in [0, 0.05) is 31.3 Å². The van der Waals surface area contributed by atoms with Crippen molar-refractivity contribution in [3.05, 3.63) is 59.7 Å². The third-order valence-corrected chi connectivity index (χ3v) is 4.05. The van der Waals surface area contributed by atoms with E-state index in [1.54, 1.807) is 43.1 Å². The van der Waals surface area contributed by atoms with E-state index in [4.69, 9.17) is 4.74 Å². The number of amides is 2. The van der Waals surface area contributed by atoms with Gasteiger partial charge >= 0.3 is 0 Å². The number of carbonyl (C=O) groups is 2. The normalized spacial score (nSPS) is 10.3. The van der Waals surface area contributed by atoms with Crippen molar-refractivity contribution in [3.63, 3.8) is 0 Å². The number of nitrogens with one attached hydrogen (secondary N) is 1. The van der Waals surface area contributed by atoms with Gasteiger partial charge in [0.15, 0.2) is 0 Å². The SMILES string of the molecule is CCC(=O)Nc1cccc(C(=O)N(C)CCCOc2ccccc2C)c1. The van der Waals surface area contributed by atoms with E-state index in [0.717, 1.165) is 17.7 Å². The van der Waals surface area contributed by atoms with E-state index in [1.165, 1.54) is 0 Å². The minimum atomic E-state index is -0.0755. The topological polar surface area (TPSA) is 58.6 Å². The first-order valence-corrected chi connectivity index (χ1v) is 8.85. The molecule has 0 aliphatic carbocycles. The number of para-hydroxylation sites is 1. The second-order valence-corrected chi connectivity index (χ2v) is 6.18. The maximum Gasteiger partial charge on any atom is 0.253 e. The highest BCUT2D eigenvalue weighted by atomic mass is 16.5. The molecule has 2 rings (SSSR count). The van der Waals surface area contributed by atoms with Crippen LogP contribution in [0.3, 0.4) is 0 Å². The maximum absolute atomic E-state index is 12.5. The monoisotopic (exact) mass is 354 g/mol. The van der Waals surface area contributed by atoms with E-state index in [0.29, 0.717) is 30.8 Å². The van der Waals surface area contributed by atoms with Crippen molar-refractivity contribution >= 4 is 17.5 Å². The van der Waals surface area contributed by atoms with Crippen molar-refractivity contribution in [1.29, 1.82) is 0 Å². The molecule has 0 aliphatic rings. The van der Waals surface area contributed by atoms with E-state index in [9.17, 15) is 9.59 Å². The van der Waals surface area contributed by atoms with Gasteiger partial charge in [0.2, 0.25) is 5.91 Å². The third-order valence-electron chi connectivity index (χ3n) is 4.05. The Morgan fingerprint density at radius 2 is 1.88 bits per heavy atom. The Kier molecular flexibility index (Phi) is 7.21. The second kappa shape index (κ2) is 9.61. The van der Waals surface area contributed by atoms with Gasteiger partial charge < -0.3 is 15.0 Å². The molecule has 0 radical (unpaired) electrons. The van der Waals surface area contributed by atoms with Crippen LogP contribution in [0.4, 0.5) is 5.69 Å². The Morgan fingerprint density at radius 1 is 1.12 bits per heavy atom. The molecule has 0 aliphatic heterocycles. The summed E-state index contributed by atoms with van der Waals surface area (Å²) in [4.78, 5) is 25.7. The number of hydrogen-bond acceptors (Lipinski definition) is 3. The van der Waals surface area contributed by atoms with Crippen molar-refractivity contribution < 1.29 is 14.3 Å². The number of carbonyl (C=O) groups excluding carboxylic acids is 2. The predicted octanol–water partition coefficient (Wildman–Crippen LogP) is 3.88. The summed E-state index contributed by atoms with van der Waals surface area (Å²) in [6.07, 6.45) is 1.14. The van der Waals surface area contributed by atoms with Crippen molar-refractivity contribution in [2.45, 2.75) is 26.7 Å². The lowest BCUT2D eigenvalue weighted by atomic mass is 10.1. The average Bonchev–Trinajstić information content (AvgIpc) is 2.65. The highest BCUT2D eigenvalue weighted by Gasteiger charge is 2.12. The quantitative estimate of drug-likeness (QED) is 0.732. The maximum atomic E-state index is 12.5. The van der Waals surface area contributed by atoms with Crippen LogP contribution in [0.5, 0.6) is 5.75 Å². The summed E-state index contributed by atoms with van der Waals surface area (Å²) in [7, 11) is 1.77. The molecule has 0 aromatic heterocycles. The first-order chi connectivity index (χ1) is 12.5. The van der Waals surface area contributed by atoms with Crippen LogP contribution in [-0.2, 0) is 4.79 Å². The van der Waals surface area contributed by atoms with E-state index < -0.39 is 0 Å². The molecule has 5 heteroatoms. The zero-order valence-electron chi connectivity index (χ0n) is 15.6. The minimum absolute atomic E-state index is 0.0729. The molecule has 138 valence electrons. The van der Waals surface area contributed by atoms with Gasteiger partial charge in [-0.3, -0.25) is 9.59 Å². The molecule has 2 aromatic rings. The molecule has 2 amide bonds. The number of anilines is 1. The molecular weight excluding hydrogens is 328 g/mol. The van der Waals surface area contributed by atoms with Crippen molar-refractivity contribution in [3.8, 4) is 5.75 Å². The summed E-state index contributed by atoms with van der Waals surface area (Å²) in [5.41, 5.74) is 2.29. The minimum Gasteiger partial charge on any atom is -0.493 e. The summed E-state index contributed by atoms with van der Waals surface area (Å²) < 4.78 is 5.76. The van der Waals surface area contributed by atoms with Crippen LogP contribution in [0, 0.1) is 6.92 Å². The molecule has 5 nitrogen and oxygen atoms in total. The lowest BCUT2D eigenvalue weighted by Gasteiger charge is -2.18. The van der Waals surface area contributed by atoms with Gasteiger partial charge in [-0.2, -0.15) is 0 Å². The third kappa shape index (κ3) is 5.62. The standard InChI is InChI=1S/C21H26N2O3/c1-4-20(24)22-18-11-7-10-17(15-18)21(25)23(3)13-8-14-26-19-12-6-5-9-16(19)2/h5-7,9-12,15H,4,8,13-14H2,1-3H3,(H,22,24). The zero-order valence-corrected chi connectivity index (χ0v) is 15.6. The van der Waals surface area contributed by atoms with E-state index in [2.05, 4.69) is 5.32 Å². The van der Waals surface area contributed by atoms with Gasteiger partial charge in [0.05, 0.1) is 6.61 Å². The molecule has 0 unspecified atom stereocenters. The molecule has 0 spiro atoms. The fraction of sp³-hybridized carbons (Fsp3) is 0.333. The summed E-state index contributed by atoms with van der Waals surface area (Å²) in [6, 6.07) is 14.9.